The Morgan fingerprint density at radius 2 is 2.17 bits per heavy atom. The van der Waals surface area contributed by atoms with Crippen molar-refractivity contribution < 1.29 is 9.53 Å². The van der Waals surface area contributed by atoms with E-state index < -0.39 is 0 Å². The molecule has 0 bridgehead atoms. The third kappa shape index (κ3) is 4.94. The standard InChI is InChI=1S/C13H19ClN2O2/c1-18-10-6-7-11(14)12(9-10)16-13(17)5-3-2-4-8-15/h6-7,9H,2-5,8,15H2,1H3,(H,16,17). The molecule has 3 N–H and O–H groups in total. The van der Waals surface area contributed by atoms with Crippen LogP contribution < -0.4 is 15.8 Å². The van der Waals surface area contributed by atoms with Crippen LogP contribution in [0.5, 0.6) is 5.75 Å². The molecular formula is C13H19ClN2O2. The lowest BCUT2D eigenvalue weighted by Crippen LogP contribution is -2.11. The first-order chi connectivity index (χ1) is 8.67. The van der Waals surface area contributed by atoms with E-state index in [1.807, 2.05) is 0 Å². The van der Waals surface area contributed by atoms with Crippen LogP contribution in [0.25, 0.3) is 0 Å². The molecule has 100 valence electrons. The van der Waals surface area contributed by atoms with Gasteiger partial charge in [0.15, 0.2) is 0 Å². The molecule has 1 aromatic carbocycles. The van der Waals surface area contributed by atoms with Crippen molar-refractivity contribution in [2.24, 2.45) is 5.73 Å². The molecular weight excluding hydrogens is 252 g/mol. The first-order valence-corrected chi connectivity index (χ1v) is 6.38. The van der Waals surface area contributed by atoms with Gasteiger partial charge in [0.25, 0.3) is 0 Å². The Balaban J connectivity index is 2.48. The molecule has 0 aliphatic heterocycles. The van der Waals surface area contributed by atoms with Gasteiger partial charge in [0.05, 0.1) is 17.8 Å². The van der Waals surface area contributed by atoms with Crippen LogP contribution in [0, 0.1) is 0 Å². The fourth-order valence-electron chi connectivity index (χ4n) is 1.55. The van der Waals surface area contributed by atoms with Crippen molar-refractivity contribution in [3.05, 3.63) is 23.2 Å². The molecule has 1 aromatic rings. The quantitative estimate of drug-likeness (QED) is 0.749. The largest absolute Gasteiger partial charge is 0.497 e. The predicted molar refractivity (Wildman–Crippen MR) is 74.2 cm³/mol. The number of hydrogen-bond donors (Lipinski definition) is 2. The molecule has 0 spiro atoms. The molecule has 4 nitrogen and oxygen atoms in total. The number of carbonyl (C=O) groups is 1. The lowest BCUT2D eigenvalue weighted by atomic mass is 10.2. The number of hydrogen-bond acceptors (Lipinski definition) is 3. The van der Waals surface area contributed by atoms with E-state index >= 15 is 0 Å². The van der Waals surface area contributed by atoms with Crippen molar-refractivity contribution in [3.63, 3.8) is 0 Å². The van der Waals surface area contributed by atoms with Crippen LogP contribution in [0.4, 0.5) is 5.69 Å². The molecule has 0 saturated heterocycles. The summed E-state index contributed by atoms with van der Waals surface area (Å²) < 4.78 is 5.08. The highest BCUT2D eigenvalue weighted by atomic mass is 35.5. The number of amides is 1. The van der Waals surface area contributed by atoms with E-state index in [2.05, 4.69) is 5.32 Å². The fraction of sp³-hybridized carbons (Fsp3) is 0.462. The van der Waals surface area contributed by atoms with Crippen LogP contribution in [0.15, 0.2) is 18.2 Å². The van der Waals surface area contributed by atoms with Crippen molar-refractivity contribution in [2.45, 2.75) is 25.7 Å². The second-order valence-electron chi connectivity index (χ2n) is 3.99. The van der Waals surface area contributed by atoms with E-state index in [0.29, 0.717) is 29.4 Å². The van der Waals surface area contributed by atoms with Crippen LogP contribution in [-0.2, 0) is 4.79 Å². The van der Waals surface area contributed by atoms with E-state index in [1.54, 1.807) is 25.3 Å². The molecule has 1 rings (SSSR count). The Hall–Kier alpha value is -1.26. The van der Waals surface area contributed by atoms with Gasteiger partial charge in [0.2, 0.25) is 5.91 Å². The zero-order chi connectivity index (χ0) is 13.4. The Bertz CT molecular complexity index is 397. The summed E-state index contributed by atoms with van der Waals surface area (Å²) in [4.78, 5) is 11.7. The summed E-state index contributed by atoms with van der Waals surface area (Å²) in [7, 11) is 1.57. The summed E-state index contributed by atoms with van der Waals surface area (Å²) in [5, 5.41) is 3.29. The minimum absolute atomic E-state index is 0.0397. The molecule has 5 heteroatoms. The summed E-state index contributed by atoms with van der Waals surface area (Å²) in [6.45, 7) is 0.670. The Kier molecular flexibility index (Phi) is 6.54. The van der Waals surface area contributed by atoms with Crippen LogP contribution in [0.3, 0.4) is 0 Å². The van der Waals surface area contributed by atoms with E-state index in [0.717, 1.165) is 19.3 Å². The van der Waals surface area contributed by atoms with Crippen LogP contribution in [0.2, 0.25) is 5.02 Å². The number of carbonyl (C=O) groups excluding carboxylic acids is 1. The summed E-state index contributed by atoms with van der Waals surface area (Å²) in [6.07, 6.45) is 3.24. The molecule has 1 amide bonds. The maximum Gasteiger partial charge on any atom is 0.224 e. The van der Waals surface area contributed by atoms with Crippen molar-refractivity contribution >= 4 is 23.2 Å². The van der Waals surface area contributed by atoms with Crippen molar-refractivity contribution in [1.29, 1.82) is 0 Å². The van der Waals surface area contributed by atoms with E-state index in [1.165, 1.54) is 0 Å². The third-order valence-electron chi connectivity index (χ3n) is 2.56. The highest BCUT2D eigenvalue weighted by Gasteiger charge is 2.07. The third-order valence-corrected chi connectivity index (χ3v) is 2.89. The fourth-order valence-corrected chi connectivity index (χ4v) is 1.71. The summed E-state index contributed by atoms with van der Waals surface area (Å²) in [5.41, 5.74) is 5.97. The number of methoxy groups -OCH3 is 1. The van der Waals surface area contributed by atoms with E-state index in [4.69, 9.17) is 22.1 Å². The van der Waals surface area contributed by atoms with Crippen LogP contribution in [-0.4, -0.2) is 19.6 Å². The molecule has 0 heterocycles. The minimum atomic E-state index is -0.0397. The number of rotatable bonds is 7. The summed E-state index contributed by atoms with van der Waals surface area (Å²) in [6, 6.07) is 5.16. The van der Waals surface area contributed by atoms with Gasteiger partial charge in [-0.2, -0.15) is 0 Å². The lowest BCUT2D eigenvalue weighted by molar-refractivity contribution is -0.116. The van der Waals surface area contributed by atoms with Gasteiger partial charge in [-0.3, -0.25) is 4.79 Å². The maximum atomic E-state index is 11.7. The normalized spacial score (nSPS) is 10.2. The molecule has 0 atom stereocenters. The predicted octanol–water partition coefficient (Wildman–Crippen LogP) is 2.81. The molecule has 0 aliphatic carbocycles. The van der Waals surface area contributed by atoms with Crippen molar-refractivity contribution in [3.8, 4) is 5.75 Å². The van der Waals surface area contributed by atoms with Gasteiger partial charge in [0.1, 0.15) is 5.75 Å². The first kappa shape index (κ1) is 14.8. The number of nitrogens with one attached hydrogen (secondary N) is 1. The summed E-state index contributed by atoms with van der Waals surface area (Å²) in [5.74, 6) is 0.625. The van der Waals surface area contributed by atoms with Crippen LogP contribution in [0.1, 0.15) is 25.7 Å². The van der Waals surface area contributed by atoms with E-state index in [9.17, 15) is 4.79 Å². The molecule has 0 radical (unpaired) electrons. The second-order valence-corrected chi connectivity index (χ2v) is 4.40. The summed E-state index contributed by atoms with van der Waals surface area (Å²) >= 11 is 5.99. The Labute approximate surface area is 112 Å². The van der Waals surface area contributed by atoms with Gasteiger partial charge < -0.3 is 15.8 Å². The molecule has 18 heavy (non-hydrogen) atoms. The number of ether oxygens (including phenoxy) is 1. The van der Waals surface area contributed by atoms with Gasteiger partial charge in [-0.25, -0.2) is 0 Å². The molecule has 0 fully saturated rings. The van der Waals surface area contributed by atoms with Gasteiger partial charge in [-0.1, -0.05) is 18.0 Å². The average Bonchev–Trinajstić information content (AvgIpc) is 2.37. The molecule has 0 aliphatic rings. The zero-order valence-corrected chi connectivity index (χ0v) is 11.3. The molecule has 0 unspecified atom stereocenters. The highest BCUT2D eigenvalue weighted by molar-refractivity contribution is 6.33. The zero-order valence-electron chi connectivity index (χ0n) is 10.5. The van der Waals surface area contributed by atoms with Gasteiger partial charge in [-0.05, 0) is 31.5 Å². The minimum Gasteiger partial charge on any atom is -0.497 e. The lowest BCUT2D eigenvalue weighted by Gasteiger charge is -2.09. The van der Waals surface area contributed by atoms with Gasteiger partial charge in [-0.15, -0.1) is 0 Å². The highest BCUT2D eigenvalue weighted by Crippen LogP contribution is 2.26. The smallest absolute Gasteiger partial charge is 0.224 e. The van der Waals surface area contributed by atoms with Gasteiger partial charge in [0, 0.05) is 12.5 Å². The number of halogens is 1. The monoisotopic (exact) mass is 270 g/mol. The van der Waals surface area contributed by atoms with Crippen LogP contribution >= 0.6 is 11.6 Å². The molecule has 0 saturated carbocycles. The maximum absolute atomic E-state index is 11.7. The second kappa shape index (κ2) is 7.95. The number of unbranched alkanes of at least 4 members (excludes halogenated alkanes) is 2. The Morgan fingerprint density at radius 1 is 1.39 bits per heavy atom. The van der Waals surface area contributed by atoms with Crippen molar-refractivity contribution in [1.82, 2.24) is 0 Å². The number of nitrogens with two attached hydrogens (primary N) is 1. The van der Waals surface area contributed by atoms with Crippen molar-refractivity contribution in [2.75, 3.05) is 19.0 Å². The first-order valence-electron chi connectivity index (χ1n) is 6.01. The number of anilines is 1. The molecule has 0 aromatic heterocycles. The Morgan fingerprint density at radius 3 is 2.83 bits per heavy atom. The SMILES string of the molecule is COc1ccc(Cl)c(NC(=O)CCCCCN)c1. The average molecular weight is 271 g/mol. The topological polar surface area (TPSA) is 64.3 Å². The number of benzene rings is 1. The van der Waals surface area contributed by atoms with E-state index in [-0.39, 0.29) is 5.91 Å². The van der Waals surface area contributed by atoms with Gasteiger partial charge >= 0.3 is 0 Å².